The fourth-order valence-electron chi connectivity index (χ4n) is 3.15. The molecular formula is C17H26N4O3. The molecule has 0 aromatic carbocycles. The zero-order valence-electron chi connectivity index (χ0n) is 14.7. The third-order valence-electron chi connectivity index (χ3n) is 4.36. The molecule has 3 heterocycles. The molecule has 3 rings (SSSR count). The first kappa shape index (κ1) is 16.8. The monoisotopic (exact) mass is 334 g/mol. The van der Waals surface area contributed by atoms with E-state index >= 15 is 0 Å². The first-order valence-electron chi connectivity index (χ1n) is 8.68. The Kier molecular flexibility index (Phi) is 4.51. The van der Waals surface area contributed by atoms with Crippen molar-refractivity contribution in [3.8, 4) is 0 Å². The lowest BCUT2D eigenvalue weighted by atomic mass is 10.1. The number of nitrogens with one attached hydrogen (secondary N) is 1. The highest BCUT2D eigenvalue weighted by Gasteiger charge is 2.28. The highest BCUT2D eigenvalue weighted by Crippen LogP contribution is 2.20. The molecule has 7 nitrogen and oxygen atoms in total. The normalized spacial score (nSPS) is 18.3. The maximum absolute atomic E-state index is 12.5. The molecule has 0 saturated carbocycles. The van der Waals surface area contributed by atoms with E-state index in [1.807, 2.05) is 20.8 Å². The summed E-state index contributed by atoms with van der Waals surface area (Å²) in [6.45, 7) is 8.16. The summed E-state index contributed by atoms with van der Waals surface area (Å²) in [5.41, 5.74) is 0.695. The predicted molar refractivity (Wildman–Crippen MR) is 91.3 cm³/mol. The lowest BCUT2D eigenvalue weighted by Crippen LogP contribution is -2.43. The molecular weight excluding hydrogens is 308 g/mol. The molecule has 1 amide bonds. The first-order valence-corrected chi connectivity index (χ1v) is 8.68. The molecule has 1 fully saturated rings. The van der Waals surface area contributed by atoms with Crippen molar-refractivity contribution in [1.82, 2.24) is 14.9 Å². The van der Waals surface area contributed by atoms with Crippen LogP contribution in [0.15, 0.2) is 4.79 Å². The van der Waals surface area contributed by atoms with Crippen LogP contribution in [0.25, 0.3) is 0 Å². The van der Waals surface area contributed by atoms with Gasteiger partial charge in [-0.05, 0) is 40.0 Å². The van der Waals surface area contributed by atoms with Crippen LogP contribution in [0.4, 0.5) is 10.7 Å². The van der Waals surface area contributed by atoms with E-state index in [4.69, 9.17) is 4.74 Å². The summed E-state index contributed by atoms with van der Waals surface area (Å²) < 4.78 is 5.40. The lowest BCUT2D eigenvalue weighted by Gasteiger charge is -2.32. The fourth-order valence-corrected chi connectivity index (χ4v) is 3.15. The molecule has 1 saturated heterocycles. The van der Waals surface area contributed by atoms with Crippen LogP contribution in [0, 0.1) is 0 Å². The summed E-state index contributed by atoms with van der Waals surface area (Å²) >= 11 is 0. The van der Waals surface area contributed by atoms with E-state index in [9.17, 15) is 9.59 Å². The van der Waals surface area contributed by atoms with Gasteiger partial charge in [-0.3, -0.25) is 9.78 Å². The van der Waals surface area contributed by atoms with E-state index < -0.39 is 5.60 Å². The van der Waals surface area contributed by atoms with Gasteiger partial charge < -0.3 is 14.5 Å². The number of hydrogen-bond donors (Lipinski definition) is 1. The fraction of sp³-hybridized carbons (Fsp3) is 0.706. The average molecular weight is 334 g/mol. The Hall–Kier alpha value is -2.05. The molecule has 0 aliphatic carbocycles. The number of amides is 1. The molecule has 1 aromatic heterocycles. The van der Waals surface area contributed by atoms with Gasteiger partial charge in [-0.1, -0.05) is 0 Å². The largest absolute Gasteiger partial charge is 0.444 e. The highest BCUT2D eigenvalue weighted by atomic mass is 16.6. The Morgan fingerprint density at radius 1 is 1.17 bits per heavy atom. The second-order valence-electron chi connectivity index (χ2n) is 7.51. The van der Waals surface area contributed by atoms with Crippen LogP contribution < -0.4 is 10.5 Å². The molecule has 24 heavy (non-hydrogen) atoms. The number of ether oxygens (including phenoxy) is 1. The number of piperidine rings is 1. The van der Waals surface area contributed by atoms with E-state index in [-0.39, 0.29) is 18.2 Å². The number of aromatic amines is 1. The topological polar surface area (TPSA) is 78.5 Å². The molecule has 132 valence electrons. The van der Waals surface area contributed by atoms with Gasteiger partial charge >= 0.3 is 6.09 Å². The zero-order valence-corrected chi connectivity index (χ0v) is 14.7. The summed E-state index contributed by atoms with van der Waals surface area (Å²) in [5, 5.41) is 0. The van der Waals surface area contributed by atoms with Crippen molar-refractivity contribution in [2.45, 2.75) is 58.6 Å². The van der Waals surface area contributed by atoms with Crippen molar-refractivity contribution in [2.24, 2.45) is 0 Å². The molecule has 0 atom stereocenters. The highest BCUT2D eigenvalue weighted by molar-refractivity contribution is 5.68. The Balaban J connectivity index is 1.77. The van der Waals surface area contributed by atoms with E-state index in [2.05, 4.69) is 14.9 Å². The van der Waals surface area contributed by atoms with E-state index in [0.717, 1.165) is 31.6 Å². The second-order valence-corrected chi connectivity index (χ2v) is 7.51. The van der Waals surface area contributed by atoms with Gasteiger partial charge in [-0.2, -0.15) is 0 Å². The molecule has 2 aliphatic heterocycles. The molecule has 0 unspecified atom stereocenters. The van der Waals surface area contributed by atoms with E-state index in [1.54, 1.807) is 4.90 Å². The van der Waals surface area contributed by atoms with Gasteiger partial charge in [0.15, 0.2) is 0 Å². The number of aromatic nitrogens is 2. The minimum atomic E-state index is -0.542. The van der Waals surface area contributed by atoms with Crippen LogP contribution in [0.1, 0.15) is 51.3 Å². The minimum absolute atomic E-state index is 0.145. The summed E-state index contributed by atoms with van der Waals surface area (Å²) in [5.74, 6) is 0.671. The first-order chi connectivity index (χ1) is 11.3. The van der Waals surface area contributed by atoms with Crippen molar-refractivity contribution >= 4 is 12.0 Å². The Morgan fingerprint density at radius 3 is 2.54 bits per heavy atom. The Labute approximate surface area is 142 Å². The van der Waals surface area contributed by atoms with Gasteiger partial charge in [0.25, 0.3) is 5.56 Å². The smallest absolute Gasteiger partial charge is 0.410 e. The van der Waals surface area contributed by atoms with Crippen LogP contribution in [0.3, 0.4) is 0 Å². The molecule has 2 aliphatic rings. The van der Waals surface area contributed by atoms with Crippen LogP contribution in [0.5, 0.6) is 0 Å². The summed E-state index contributed by atoms with van der Waals surface area (Å²) in [7, 11) is 0. The summed E-state index contributed by atoms with van der Waals surface area (Å²) in [4.78, 5) is 36.0. The van der Waals surface area contributed by atoms with Gasteiger partial charge in [0.05, 0.1) is 17.8 Å². The van der Waals surface area contributed by atoms with Gasteiger partial charge in [0, 0.05) is 26.1 Å². The molecule has 1 N–H and O–H groups in total. The Morgan fingerprint density at radius 2 is 1.88 bits per heavy atom. The number of nitrogens with zero attached hydrogens (tertiary/aromatic N) is 3. The Bertz CT molecular complexity index is 671. The maximum Gasteiger partial charge on any atom is 0.410 e. The molecule has 7 heteroatoms. The summed E-state index contributed by atoms with van der Waals surface area (Å²) in [6.07, 6.45) is 3.70. The number of rotatable bonds is 1. The number of fused-ring (bicyclic) bond motifs is 1. The van der Waals surface area contributed by atoms with Gasteiger partial charge in [0.1, 0.15) is 5.60 Å². The molecule has 0 radical (unpaired) electrons. The number of carbonyl (C=O) groups is 1. The van der Waals surface area contributed by atoms with Crippen molar-refractivity contribution in [2.75, 3.05) is 24.5 Å². The quantitative estimate of drug-likeness (QED) is 0.850. The van der Waals surface area contributed by atoms with Crippen molar-refractivity contribution in [3.05, 3.63) is 21.6 Å². The van der Waals surface area contributed by atoms with Gasteiger partial charge in [-0.25, -0.2) is 9.78 Å². The predicted octanol–water partition coefficient (Wildman–Crippen LogP) is 2.05. The zero-order chi connectivity index (χ0) is 17.3. The molecule has 1 aromatic rings. The van der Waals surface area contributed by atoms with Crippen LogP contribution >= 0.6 is 0 Å². The SMILES string of the molecule is CC(C)(C)OC(=O)N1CCc2nc(N3CCCCC3)[nH]c(=O)c2C1. The minimum Gasteiger partial charge on any atom is -0.444 e. The maximum atomic E-state index is 12.5. The van der Waals surface area contributed by atoms with E-state index in [0.29, 0.717) is 24.5 Å². The third kappa shape index (κ3) is 3.71. The van der Waals surface area contributed by atoms with Crippen molar-refractivity contribution in [3.63, 3.8) is 0 Å². The third-order valence-corrected chi connectivity index (χ3v) is 4.36. The molecule has 0 bridgehead atoms. The van der Waals surface area contributed by atoms with E-state index in [1.165, 1.54) is 6.42 Å². The average Bonchev–Trinajstić information content (AvgIpc) is 2.53. The number of anilines is 1. The van der Waals surface area contributed by atoms with Crippen LogP contribution in [-0.2, 0) is 17.7 Å². The van der Waals surface area contributed by atoms with Gasteiger partial charge in [-0.15, -0.1) is 0 Å². The second kappa shape index (κ2) is 6.45. The number of H-pyrrole nitrogens is 1. The van der Waals surface area contributed by atoms with Crippen molar-refractivity contribution < 1.29 is 9.53 Å². The molecule has 0 spiro atoms. The summed E-state index contributed by atoms with van der Waals surface area (Å²) in [6, 6.07) is 0. The van der Waals surface area contributed by atoms with Crippen LogP contribution in [0.2, 0.25) is 0 Å². The van der Waals surface area contributed by atoms with Crippen LogP contribution in [-0.4, -0.2) is 46.2 Å². The lowest BCUT2D eigenvalue weighted by molar-refractivity contribution is 0.0222. The number of hydrogen-bond acceptors (Lipinski definition) is 5. The van der Waals surface area contributed by atoms with Crippen molar-refractivity contribution in [1.29, 1.82) is 0 Å². The standard InChI is InChI=1S/C17H26N4O3/c1-17(2,3)24-16(23)21-10-7-13-12(11-21)14(22)19-15(18-13)20-8-5-4-6-9-20/h4-11H2,1-3H3,(H,18,19,22). The van der Waals surface area contributed by atoms with Gasteiger partial charge in [0.2, 0.25) is 5.95 Å². The number of carbonyl (C=O) groups excluding carboxylic acids is 1.